The molecule has 132 valence electrons. The Morgan fingerprint density at radius 3 is 2.54 bits per heavy atom. The number of benzene rings is 1. The predicted octanol–water partition coefficient (Wildman–Crippen LogP) is 2.75. The zero-order valence-electron chi connectivity index (χ0n) is 14.5. The van der Waals surface area contributed by atoms with Crippen molar-refractivity contribution in [3.8, 4) is 0 Å². The SMILES string of the molecule is CC(=O)Nc1ccc(S[C@H](C)C(=O)N2CCC[C@H]([C@H](C)O)C2)cc1. The van der Waals surface area contributed by atoms with Crippen molar-refractivity contribution in [1.29, 1.82) is 0 Å². The van der Waals surface area contributed by atoms with Crippen LogP contribution >= 0.6 is 11.8 Å². The van der Waals surface area contributed by atoms with Gasteiger partial charge in [0.2, 0.25) is 11.8 Å². The number of carbonyl (C=O) groups is 2. The van der Waals surface area contributed by atoms with E-state index in [2.05, 4.69) is 5.32 Å². The number of likely N-dealkylation sites (tertiary alicyclic amines) is 1. The van der Waals surface area contributed by atoms with Crippen LogP contribution in [0.15, 0.2) is 29.2 Å². The minimum Gasteiger partial charge on any atom is -0.393 e. The molecule has 0 aliphatic carbocycles. The van der Waals surface area contributed by atoms with Gasteiger partial charge in [-0.05, 0) is 51.0 Å². The van der Waals surface area contributed by atoms with Gasteiger partial charge in [0.15, 0.2) is 0 Å². The summed E-state index contributed by atoms with van der Waals surface area (Å²) < 4.78 is 0. The van der Waals surface area contributed by atoms with Gasteiger partial charge in [-0.1, -0.05) is 0 Å². The van der Waals surface area contributed by atoms with E-state index in [1.807, 2.05) is 36.1 Å². The summed E-state index contributed by atoms with van der Waals surface area (Å²) in [6.45, 7) is 6.61. The Morgan fingerprint density at radius 1 is 1.29 bits per heavy atom. The van der Waals surface area contributed by atoms with Gasteiger partial charge in [0.1, 0.15) is 0 Å². The maximum absolute atomic E-state index is 12.6. The normalized spacial score (nSPS) is 20.3. The zero-order chi connectivity index (χ0) is 17.7. The fraction of sp³-hybridized carbons (Fsp3) is 0.556. The standard InChI is InChI=1S/C18H26N2O3S/c1-12(21)15-5-4-10-20(11-15)18(23)13(2)24-17-8-6-16(7-9-17)19-14(3)22/h6-9,12-13,15,21H,4-5,10-11H2,1-3H3,(H,19,22)/t12-,13+,15-/m0/s1. The molecule has 24 heavy (non-hydrogen) atoms. The number of anilines is 1. The number of hydrogen-bond donors (Lipinski definition) is 2. The summed E-state index contributed by atoms with van der Waals surface area (Å²) in [5.41, 5.74) is 0.752. The van der Waals surface area contributed by atoms with Crippen molar-refractivity contribution in [3.63, 3.8) is 0 Å². The van der Waals surface area contributed by atoms with Crippen LogP contribution in [-0.2, 0) is 9.59 Å². The van der Waals surface area contributed by atoms with Crippen molar-refractivity contribution in [1.82, 2.24) is 4.90 Å². The van der Waals surface area contributed by atoms with Crippen LogP contribution in [0.1, 0.15) is 33.6 Å². The molecule has 5 nitrogen and oxygen atoms in total. The molecule has 0 radical (unpaired) electrons. The fourth-order valence-electron chi connectivity index (χ4n) is 2.94. The Kier molecular flexibility index (Phi) is 6.69. The van der Waals surface area contributed by atoms with Crippen LogP contribution < -0.4 is 5.32 Å². The number of nitrogens with zero attached hydrogens (tertiary/aromatic N) is 1. The molecule has 1 aromatic carbocycles. The fourth-order valence-corrected chi connectivity index (χ4v) is 3.89. The topological polar surface area (TPSA) is 69.6 Å². The first-order valence-electron chi connectivity index (χ1n) is 8.38. The Morgan fingerprint density at radius 2 is 1.96 bits per heavy atom. The maximum atomic E-state index is 12.6. The third-order valence-corrected chi connectivity index (χ3v) is 5.39. The second-order valence-electron chi connectivity index (χ2n) is 6.39. The molecule has 2 rings (SSSR count). The number of rotatable bonds is 5. The summed E-state index contributed by atoms with van der Waals surface area (Å²) in [6, 6.07) is 7.50. The van der Waals surface area contributed by atoms with E-state index in [-0.39, 0.29) is 29.1 Å². The van der Waals surface area contributed by atoms with Gasteiger partial charge in [-0.3, -0.25) is 9.59 Å². The van der Waals surface area contributed by atoms with E-state index in [0.717, 1.165) is 30.0 Å². The second-order valence-corrected chi connectivity index (χ2v) is 7.81. The average molecular weight is 350 g/mol. The molecule has 1 aliphatic rings. The molecule has 0 bridgehead atoms. The molecular formula is C18H26N2O3S. The summed E-state index contributed by atoms with van der Waals surface area (Å²) in [7, 11) is 0. The van der Waals surface area contributed by atoms with Gasteiger partial charge in [-0.15, -0.1) is 11.8 Å². The number of amides is 2. The molecule has 3 atom stereocenters. The van der Waals surface area contributed by atoms with Gasteiger partial charge >= 0.3 is 0 Å². The molecule has 0 unspecified atom stereocenters. The highest BCUT2D eigenvalue weighted by atomic mass is 32.2. The number of piperidine rings is 1. The second kappa shape index (κ2) is 8.53. The molecule has 1 fully saturated rings. The van der Waals surface area contributed by atoms with Crippen LogP contribution in [0.4, 0.5) is 5.69 Å². The van der Waals surface area contributed by atoms with Crippen molar-refractivity contribution >= 4 is 29.3 Å². The van der Waals surface area contributed by atoms with Crippen LogP contribution in [0, 0.1) is 5.92 Å². The Hall–Kier alpha value is -1.53. The third kappa shape index (κ3) is 5.24. The van der Waals surface area contributed by atoms with Gasteiger partial charge in [0.05, 0.1) is 11.4 Å². The van der Waals surface area contributed by atoms with Crippen molar-refractivity contribution in [2.45, 2.75) is 49.9 Å². The van der Waals surface area contributed by atoms with E-state index in [1.54, 1.807) is 6.92 Å². The molecule has 2 N–H and O–H groups in total. The van der Waals surface area contributed by atoms with E-state index in [0.29, 0.717) is 6.54 Å². The first kappa shape index (κ1) is 18.8. The minimum absolute atomic E-state index is 0.100. The van der Waals surface area contributed by atoms with Crippen LogP contribution in [0.3, 0.4) is 0 Å². The number of carbonyl (C=O) groups excluding carboxylic acids is 2. The van der Waals surface area contributed by atoms with Gasteiger partial charge < -0.3 is 15.3 Å². The molecule has 1 saturated heterocycles. The van der Waals surface area contributed by atoms with Crippen LogP contribution in [0.5, 0.6) is 0 Å². The van der Waals surface area contributed by atoms with E-state index in [4.69, 9.17) is 0 Å². The average Bonchev–Trinajstić information content (AvgIpc) is 2.55. The first-order chi connectivity index (χ1) is 11.4. The Labute approximate surface area is 147 Å². The quantitative estimate of drug-likeness (QED) is 0.801. The molecule has 0 aromatic heterocycles. The summed E-state index contributed by atoms with van der Waals surface area (Å²) in [4.78, 5) is 26.6. The number of hydrogen-bond acceptors (Lipinski definition) is 4. The number of thioether (sulfide) groups is 1. The maximum Gasteiger partial charge on any atom is 0.235 e. The van der Waals surface area contributed by atoms with Gasteiger partial charge in [0, 0.05) is 36.5 Å². The van der Waals surface area contributed by atoms with Gasteiger partial charge in [-0.2, -0.15) is 0 Å². The molecule has 0 spiro atoms. The first-order valence-corrected chi connectivity index (χ1v) is 9.26. The van der Waals surface area contributed by atoms with E-state index in [9.17, 15) is 14.7 Å². The van der Waals surface area contributed by atoms with Crippen molar-refractivity contribution in [3.05, 3.63) is 24.3 Å². The predicted molar refractivity (Wildman–Crippen MR) is 97.0 cm³/mol. The van der Waals surface area contributed by atoms with E-state index < -0.39 is 0 Å². The van der Waals surface area contributed by atoms with Crippen LogP contribution in [-0.4, -0.2) is 46.3 Å². The zero-order valence-corrected chi connectivity index (χ0v) is 15.3. The van der Waals surface area contributed by atoms with Gasteiger partial charge in [0.25, 0.3) is 0 Å². The highest BCUT2D eigenvalue weighted by Gasteiger charge is 2.29. The Balaban J connectivity index is 1.92. The number of nitrogens with one attached hydrogen (secondary N) is 1. The lowest BCUT2D eigenvalue weighted by molar-refractivity contribution is -0.132. The lowest BCUT2D eigenvalue weighted by Gasteiger charge is -2.35. The highest BCUT2D eigenvalue weighted by Crippen LogP contribution is 2.28. The largest absolute Gasteiger partial charge is 0.393 e. The summed E-state index contributed by atoms with van der Waals surface area (Å²) in [5.74, 6) is 0.199. The minimum atomic E-state index is -0.370. The third-order valence-electron chi connectivity index (χ3n) is 4.29. The van der Waals surface area contributed by atoms with Crippen LogP contribution in [0.2, 0.25) is 0 Å². The molecule has 6 heteroatoms. The van der Waals surface area contributed by atoms with E-state index >= 15 is 0 Å². The number of aliphatic hydroxyl groups is 1. The lowest BCUT2D eigenvalue weighted by atomic mass is 9.93. The smallest absolute Gasteiger partial charge is 0.235 e. The molecule has 2 amide bonds. The van der Waals surface area contributed by atoms with Crippen molar-refractivity contribution in [2.75, 3.05) is 18.4 Å². The molecular weight excluding hydrogens is 324 g/mol. The highest BCUT2D eigenvalue weighted by molar-refractivity contribution is 8.00. The summed E-state index contributed by atoms with van der Waals surface area (Å²) in [6.07, 6.45) is 1.56. The molecule has 1 aliphatic heterocycles. The van der Waals surface area contributed by atoms with E-state index in [1.165, 1.54) is 18.7 Å². The lowest BCUT2D eigenvalue weighted by Crippen LogP contribution is -2.45. The molecule has 1 heterocycles. The van der Waals surface area contributed by atoms with Gasteiger partial charge in [-0.25, -0.2) is 0 Å². The molecule has 1 aromatic rings. The summed E-state index contributed by atoms with van der Waals surface area (Å²) >= 11 is 1.52. The number of aliphatic hydroxyl groups excluding tert-OH is 1. The monoisotopic (exact) mass is 350 g/mol. The molecule has 0 saturated carbocycles. The summed E-state index contributed by atoms with van der Waals surface area (Å²) in [5, 5.41) is 12.3. The Bertz CT molecular complexity index is 574. The van der Waals surface area contributed by atoms with Crippen LogP contribution in [0.25, 0.3) is 0 Å². The van der Waals surface area contributed by atoms with Crippen molar-refractivity contribution in [2.24, 2.45) is 5.92 Å². The van der Waals surface area contributed by atoms with Crippen molar-refractivity contribution < 1.29 is 14.7 Å².